The fourth-order valence-electron chi connectivity index (χ4n) is 2.96. The summed E-state index contributed by atoms with van der Waals surface area (Å²) in [6, 6.07) is 0. The van der Waals surface area contributed by atoms with Crippen LogP contribution in [0.3, 0.4) is 0 Å². The van der Waals surface area contributed by atoms with Crippen LogP contribution in [0.1, 0.15) is 59.8 Å². The van der Waals surface area contributed by atoms with E-state index in [1.807, 2.05) is 0 Å². The van der Waals surface area contributed by atoms with Gasteiger partial charge < -0.3 is 9.84 Å². The van der Waals surface area contributed by atoms with Gasteiger partial charge in [-0.25, -0.2) is 0 Å². The van der Waals surface area contributed by atoms with Crippen LogP contribution in [-0.4, -0.2) is 23.3 Å². The molecule has 0 unspecified atom stereocenters. The highest BCUT2D eigenvalue weighted by Crippen LogP contribution is 2.37. The minimum Gasteiger partial charge on any atom is -0.481 e. The Morgan fingerprint density at radius 3 is 2.56 bits per heavy atom. The van der Waals surface area contributed by atoms with Crippen LogP contribution in [0.15, 0.2) is 0 Å². The highest BCUT2D eigenvalue weighted by molar-refractivity contribution is 5.67. The molecule has 0 spiro atoms. The first-order valence-electron chi connectivity index (χ1n) is 7.16. The van der Waals surface area contributed by atoms with Crippen LogP contribution in [0, 0.1) is 17.8 Å². The van der Waals surface area contributed by atoms with Crippen molar-refractivity contribution in [2.75, 3.05) is 6.61 Å². The number of hydrogen-bond acceptors (Lipinski definition) is 2. The van der Waals surface area contributed by atoms with Crippen LogP contribution in [-0.2, 0) is 9.53 Å². The second kappa shape index (κ2) is 6.55. The molecule has 0 bridgehead atoms. The van der Waals surface area contributed by atoms with Gasteiger partial charge in [-0.2, -0.15) is 0 Å². The van der Waals surface area contributed by atoms with E-state index in [4.69, 9.17) is 9.84 Å². The number of ether oxygens (including phenoxy) is 1. The lowest BCUT2D eigenvalue weighted by Crippen LogP contribution is -2.37. The van der Waals surface area contributed by atoms with E-state index in [0.29, 0.717) is 24.2 Å². The SMILES string of the molecule is CC(C)CC[C@H](CC(=O)O)[C@@H]1CCOC(C)(C)C1. The van der Waals surface area contributed by atoms with Gasteiger partial charge in [0.05, 0.1) is 5.60 Å². The quantitative estimate of drug-likeness (QED) is 0.788. The van der Waals surface area contributed by atoms with E-state index < -0.39 is 5.97 Å². The maximum Gasteiger partial charge on any atom is 0.303 e. The Hall–Kier alpha value is -0.570. The van der Waals surface area contributed by atoms with E-state index in [1.165, 1.54) is 0 Å². The van der Waals surface area contributed by atoms with E-state index in [0.717, 1.165) is 32.3 Å². The topological polar surface area (TPSA) is 46.5 Å². The molecule has 0 aliphatic carbocycles. The molecule has 18 heavy (non-hydrogen) atoms. The van der Waals surface area contributed by atoms with E-state index in [-0.39, 0.29) is 5.60 Å². The Labute approximate surface area is 111 Å². The van der Waals surface area contributed by atoms with Crippen molar-refractivity contribution >= 4 is 5.97 Å². The molecular weight excluding hydrogens is 228 g/mol. The Kier molecular flexibility index (Phi) is 5.64. The third kappa shape index (κ3) is 5.38. The number of carboxylic acids is 1. The predicted molar refractivity (Wildman–Crippen MR) is 72.6 cm³/mol. The van der Waals surface area contributed by atoms with E-state index in [1.54, 1.807) is 0 Å². The first-order valence-corrected chi connectivity index (χ1v) is 7.16. The number of rotatable bonds is 6. The molecule has 0 radical (unpaired) electrons. The molecule has 3 heteroatoms. The average Bonchev–Trinajstić information content (AvgIpc) is 2.22. The van der Waals surface area contributed by atoms with Gasteiger partial charge >= 0.3 is 5.97 Å². The molecule has 1 heterocycles. The summed E-state index contributed by atoms with van der Waals surface area (Å²) >= 11 is 0. The molecule has 1 rings (SSSR count). The molecule has 1 fully saturated rings. The van der Waals surface area contributed by atoms with Crippen LogP contribution in [0.25, 0.3) is 0 Å². The van der Waals surface area contributed by atoms with E-state index >= 15 is 0 Å². The fourth-order valence-corrected chi connectivity index (χ4v) is 2.96. The number of hydrogen-bond donors (Lipinski definition) is 1. The lowest BCUT2D eigenvalue weighted by Gasteiger charge is -2.39. The molecule has 1 aliphatic rings. The second-order valence-corrected chi connectivity index (χ2v) is 6.69. The Balaban J connectivity index is 2.60. The maximum absolute atomic E-state index is 11.0. The van der Waals surface area contributed by atoms with Gasteiger partial charge in [0, 0.05) is 13.0 Å². The van der Waals surface area contributed by atoms with Crippen LogP contribution in [0.5, 0.6) is 0 Å². The molecule has 1 aliphatic heterocycles. The first-order chi connectivity index (χ1) is 8.30. The fraction of sp³-hybridized carbons (Fsp3) is 0.933. The summed E-state index contributed by atoms with van der Waals surface area (Å²) in [6.45, 7) is 9.39. The summed E-state index contributed by atoms with van der Waals surface area (Å²) in [4.78, 5) is 11.0. The van der Waals surface area contributed by atoms with Crippen molar-refractivity contribution in [2.24, 2.45) is 17.8 Å². The Bertz CT molecular complexity index is 271. The van der Waals surface area contributed by atoms with Gasteiger partial charge in [0.25, 0.3) is 0 Å². The highest BCUT2D eigenvalue weighted by atomic mass is 16.5. The monoisotopic (exact) mass is 256 g/mol. The van der Waals surface area contributed by atoms with Gasteiger partial charge in [0.15, 0.2) is 0 Å². The molecule has 0 saturated carbocycles. The molecule has 2 atom stereocenters. The summed E-state index contributed by atoms with van der Waals surface area (Å²) in [5.74, 6) is 0.805. The summed E-state index contributed by atoms with van der Waals surface area (Å²) in [5.41, 5.74) is -0.0858. The summed E-state index contributed by atoms with van der Waals surface area (Å²) in [6.07, 6.45) is 4.47. The highest BCUT2D eigenvalue weighted by Gasteiger charge is 2.34. The van der Waals surface area contributed by atoms with Crippen LogP contribution in [0.4, 0.5) is 0 Å². The van der Waals surface area contributed by atoms with Gasteiger partial charge in [0.2, 0.25) is 0 Å². The normalized spacial score (nSPS) is 25.1. The van der Waals surface area contributed by atoms with Gasteiger partial charge in [-0.15, -0.1) is 0 Å². The van der Waals surface area contributed by atoms with E-state index in [9.17, 15) is 4.79 Å². The molecule has 3 nitrogen and oxygen atoms in total. The Morgan fingerprint density at radius 1 is 1.39 bits per heavy atom. The smallest absolute Gasteiger partial charge is 0.303 e. The van der Waals surface area contributed by atoms with Crippen molar-refractivity contribution in [3.8, 4) is 0 Å². The molecule has 0 aromatic rings. The molecular formula is C15H28O3. The van der Waals surface area contributed by atoms with Crippen molar-refractivity contribution < 1.29 is 14.6 Å². The molecule has 106 valence electrons. The summed E-state index contributed by atoms with van der Waals surface area (Å²) < 4.78 is 5.73. The standard InChI is InChI=1S/C15H28O3/c1-11(2)5-6-12(9-14(16)17)13-7-8-18-15(3,4)10-13/h11-13H,5-10H2,1-4H3,(H,16,17)/t12-,13-/m1/s1. The van der Waals surface area contributed by atoms with Crippen molar-refractivity contribution in [3.05, 3.63) is 0 Å². The zero-order valence-corrected chi connectivity index (χ0v) is 12.2. The summed E-state index contributed by atoms with van der Waals surface area (Å²) in [5, 5.41) is 9.08. The zero-order valence-electron chi connectivity index (χ0n) is 12.2. The third-order valence-electron chi connectivity index (χ3n) is 3.95. The maximum atomic E-state index is 11.0. The lowest BCUT2D eigenvalue weighted by atomic mass is 9.76. The largest absolute Gasteiger partial charge is 0.481 e. The Morgan fingerprint density at radius 2 is 2.06 bits per heavy atom. The zero-order chi connectivity index (χ0) is 13.8. The van der Waals surface area contributed by atoms with Crippen molar-refractivity contribution in [2.45, 2.75) is 65.4 Å². The number of carbonyl (C=O) groups is 1. The van der Waals surface area contributed by atoms with Crippen LogP contribution < -0.4 is 0 Å². The minimum absolute atomic E-state index is 0.0858. The minimum atomic E-state index is -0.659. The molecule has 1 N–H and O–H groups in total. The molecule has 0 amide bonds. The summed E-state index contributed by atoms with van der Waals surface area (Å²) in [7, 11) is 0. The van der Waals surface area contributed by atoms with Crippen LogP contribution in [0.2, 0.25) is 0 Å². The third-order valence-corrected chi connectivity index (χ3v) is 3.95. The molecule has 0 aromatic heterocycles. The number of carboxylic acid groups (broad SMARTS) is 1. The first kappa shape index (κ1) is 15.5. The number of aliphatic carboxylic acids is 1. The molecule has 1 saturated heterocycles. The predicted octanol–water partition coefficient (Wildman–Crippen LogP) is 3.72. The average molecular weight is 256 g/mol. The van der Waals surface area contributed by atoms with Gasteiger partial charge in [-0.05, 0) is 50.9 Å². The van der Waals surface area contributed by atoms with Gasteiger partial charge in [0.1, 0.15) is 0 Å². The van der Waals surface area contributed by atoms with Crippen molar-refractivity contribution in [1.29, 1.82) is 0 Å². The van der Waals surface area contributed by atoms with E-state index in [2.05, 4.69) is 27.7 Å². The van der Waals surface area contributed by atoms with Crippen molar-refractivity contribution in [1.82, 2.24) is 0 Å². The lowest BCUT2D eigenvalue weighted by molar-refractivity contribution is -0.140. The van der Waals surface area contributed by atoms with Gasteiger partial charge in [-0.1, -0.05) is 20.3 Å². The van der Waals surface area contributed by atoms with Crippen molar-refractivity contribution in [3.63, 3.8) is 0 Å². The van der Waals surface area contributed by atoms with Crippen LogP contribution >= 0.6 is 0 Å². The second-order valence-electron chi connectivity index (χ2n) is 6.69. The molecule has 0 aromatic carbocycles. The van der Waals surface area contributed by atoms with Gasteiger partial charge in [-0.3, -0.25) is 4.79 Å².